The number of hydrogen-bond donors (Lipinski definition) is 3. The van der Waals surface area contributed by atoms with Crippen molar-refractivity contribution in [3.05, 3.63) is 53.0 Å². The minimum atomic E-state index is -3.97. The topological polar surface area (TPSA) is 99.3 Å². The molecule has 0 radical (unpaired) electrons. The Bertz CT molecular complexity index is 1070. The number of aliphatic carboxylic acids is 1. The van der Waals surface area contributed by atoms with E-state index in [1.807, 2.05) is 24.3 Å². The first-order valence-electron chi connectivity index (χ1n) is 7.27. The molecule has 0 aliphatic heterocycles. The van der Waals surface area contributed by atoms with Crippen LogP contribution in [0.3, 0.4) is 0 Å². The molecule has 2 aromatic heterocycles. The fraction of sp³-hybridized carbons (Fsp3) is 0.118. The standard InChI is InChI=1S/C17H14N2O4S2/c1-2-12-7-8-16(24-12)25(22,23)19-15(17(20)21)9-11-10-18-14-6-4-3-5-13(11)14/h1,3-8,10,15,18-19H,9H2,(H,20,21). The second-order valence-electron chi connectivity index (χ2n) is 5.34. The molecule has 1 atom stereocenters. The van der Waals surface area contributed by atoms with E-state index >= 15 is 0 Å². The molecule has 0 bridgehead atoms. The fourth-order valence-corrected chi connectivity index (χ4v) is 4.81. The van der Waals surface area contributed by atoms with Crippen LogP contribution in [0.25, 0.3) is 10.9 Å². The Morgan fingerprint density at radius 2 is 2.08 bits per heavy atom. The van der Waals surface area contributed by atoms with Crippen molar-refractivity contribution >= 4 is 38.2 Å². The van der Waals surface area contributed by atoms with Crippen LogP contribution >= 0.6 is 11.3 Å². The minimum absolute atomic E-state index is 0.00868. The smallest absolute Gasteiger partial charge is 0.322 e. The van der Waals surface area contributed by atoms with Gasteiger partial charge in [-0.1, -0.05) is 24.1 Å². The Morgan fingerprint density at radius 3 is 2.76 bits per heavy atom. The van der Waals surface area contributed by atoms with Crippen molar-refractivity contribution in [1.82, 2.24) is 9.71 Å². The normalized spacial score (nSPS) is 12.8. The molecule has 128 valence electrons. The van der Waals surface area contributed by atoms with Gasteiger partial charge in [-0.05, 0) is 23.8 Å². The van der Waals surface area contributed by atoms with Gasteiger partial charge in [0.25, 0.3) is 10.0 Å². The molecule has 0 aliphatic rings. The summed E-state index contributed by atoms with van der Waals surface area (Å²) in [6.07, 6.45) is 6.96. The summed E-state index contributed by atoms with van der Waals surface area (Å²) < 4.78 is 27.1. The number of aromatic nitrogens is 1. The number of para-hydroxylation sites is 1. The highest BCUT2D eigenvalue weighted by Crippen LogP contribution is 2.23. The van der Waals surface area contributed by atoms with Crippen LogP contribution in [-0.4, -0.2) is 30.5 Å². The van der Waals surface area contributed by atoms with Crippen LogP contribution in [0.2, 0.25) is 0 Å². The summed E-state index contributed by atoms with van der Waals surface area (Å²) in [4.78, 5) is 15.1. The lowest BCUT2D eigenvalue weighted by Gasteiger charge is -2.13. The van der Waals surface area contributed by atoms with Crippen LogP contribution < -0.4 is 4.72 Å². The summed E-state index contributed by atoms with van der Waals surface area (Å²) in [6, 6.07) is 9.01. The van der Waals surface area contributed by atoms with Crippen LogP contribution in [0, 0.1) is 12.3 Å². The predicted octanol–water partition coefficient (Wildman–Crippen LogP) is 2.18. The first kappa shape index (κ1) is 17.2. The Kier molecular flexibility index (Phi) is 4.63. The molecule has 3 N–H and O–H groups in total. The number of rotatable bonds is 6. The third kappa shape index (κ3) is 3.58. The zero-order valence-electron chi connectivity index (χ0n) is 12.9. The van der Waals surface area contributed by atoms with Gasteiger partial charge in [0.1, 0.15) is 10.3 Å². The van der Waals surface area contributed by atoms with Gasteiger partial charge in [0.2, 0.25) is 0 Å². The molecule has 0 saturated carbocycles. The molecule has 0 spiro atoms. The summed E-state index contributed by atoms with van der Waals surface area (Å²) >= 11 is 0.918. The summed E-state index contributed by atoms with van der Waals surface area (Å²) in [7, 11) is -3.97. The maximum absolute atomic E-state index is 12.4. The molecule has 8 heteroatoms. The number of fused-ring (bicyclic) bond motifs is 1. The average Bonchev–Trinajstić information content (AvgIpc) is 3.21. The van der Waals surface area contributed by atoms with Crippen molar-refractivity contribution in [1.29, 1.82) is 0 Å². The summed E-state index contributed by atoms with van der Waals surface area (Å²) in [5.74, 6) is 1.11. The van der Waals surface area contributed by atoms with Gasteiger partial charge in [-0.2, -0.15) is 4.72 Å². The number of thiophene rings is 1. The predicted molar refractivity (Wildman–Crippen MR) is 96.0 cm³/mol. The quantitative estimate of drug-likeness (QED) is 0.576. The van der Waals surface area contributed by atoms with Crippen LogP contribution in [0.15, 0.2) is 46.8 Å². The number of sulfonamides is 1. The van der Waals surface area contributed by atoms with E-state index in [2.05, 4.69) is 15.6 Å². The lowest BCUT2D eigenvalue weighted by Crippen LogP contribution is -2.41. The number of carbonyl (C=O) groups is 1. The van der Waals surface area contributed by atoms with Crippen molar-refractivity contribution < 1.29 is 18.3 Å². The molecule has 6 nitrogen and oxygen atoms in total. The van der Waals surface area contributed by atoms with E-state index in [1.54, 1.807) is 6.20 Å². The number of terminal acetylenes is 1. The second kappa shape index (κ2) is 6.72. The molecule has 0 aliphatic carbocycles. The van der Waals surface area contributed by atoms with Gasteiger partial charge in [0, 0.05) is 23.5 Å². The van der Waals surface area contributed by atoms with Crippen LogP contribution in [0.1, 0.15) is 10.4 Å². The van der Waals surface area contributed by atoms with Gasteiger partial charge in [0.05, 0.1) is 4.88 Å². The van der Waals surface area contributed by atoms with E-state index in [1.165, 1.54) is 12.1 Å². The van der Waals surface area contributed by atoms with Gasteiger partial charge in [-0.25, -0.2) is 8.42 Å². The maximum Gasteiger partial charge on any atom is 0.322 e. The molecule has 0 saturated heterocycles. The third-order valence-corrected chi connectivity index (χ3v) is 6.66. The number of carboxylic acids is 1. The van der Waals surface area contributed by atoms with Crippen molar-refractivity contribution in [3.8, 4) is 12.3 Å². The molecular weight excluding hydrogens is 360 g/mol. The van der Waals surface area contributed by atoms with Gasteiger partial charge >= 0.3 is 5.97 Å². The highest BCUT2D eigenvalue weighted by atomic mass is 32.2. The second-order valence-corrected chi connectivity index (χ2v) is 8.36. The summed E-state index contributed by atoms with van der Waals surface area (Å²) in [6.45, 7) is 0. The van der Waals surface area contributed by atoms with E-state index in [-0.39, 0.29) is 10.6 Å². The monoisotopic (exact) mass is 374 g/mol. The number of aromatic amines is 1. The fourth-order valence-electron chi connectivity index (χ4n) is 2.49. The zero-order valence-corrected chi connectivity index (χ0v) is 14.5. The van der Waals surface area contributed by atoms with Gasteiger partial charge in [-0.15, -0.1) is 17.8 Å². The Hall–Kier alpha value is -2.60. The maximum atomic E-state index is 12.4. The average molecular weight is 374 g/mol. The highest BCUT2D eigenvalue weighted by molar-refractivity contribution is 7.91. The summed E-state index contributed by atoms with van der Waals surface area (Å²) in [5.41, 5.74) is 1.59. The largest absolute Gasteiger partial charge is 0.480 e. The van der Waals surface area contributed by atoms with E-state index < -0.39 is 22.0 Å². The number of benzene rings is 1. The van der Waals surface area contributed by atoms with Crippen LogP contribution in [0.5, 0.6) is 0 Å². The van der Waals surface area contributed by atoms with E-state index in [4.69, 9.17) is 6.42 Å². The van der Waals surface area contributed by atoms with Crippen molar-refractivity contribution in [2.75, 3.05) is 0 Å². The van der Waals surface area contributed by atoms with Crippen molar-refractivity contribution in [2.45, 2.75) is 16.7 Å². The van der Waals surface area contributed by atoms with Crippen LogP contribution in [0.4, 0.5) is 0 Å². The minimum Gasteiger partial charge on any atom is -0.480 e. The highest BCUT2D eigenvalue weighted by Gasteiger charge is 2.27. The molecule has 0 amide bonds. The molecule has 0 fully saturated rings. The lowest BCUT2D eigenvalue weighted by atomic mass is 10.1. The Labute approximate surface area is 148 Å². The van der Waals surface area contributed by atoms with Gasteiger partial charge in [-0.3, -0.25) is 4.79 Å². The SMILES string of the molecule is C#Cc1ccc(S(=O)(=O)NC(Cc2c[nH]c3ccccc23)C(=O)O)s1. The third-order valence-electron chi connectivity index (χ3n) is 3.68. The number of nitrogens with one attached hydrogen (secondary N) is 2. The van der Waals surface area contributed by atoms with Crippen molar-refractivity contribution in [3.63, 3.8) is 0 Å². The van der Waals surface area contributed by atoms with Crippen LogP contribution in [-0.2, 0) is 21.2 Å². The number of hydrogen-bond acceptors (Lipinski definition) is 4. The number of carboxylic acid groups (broad SMARTS) is 1. The van der Waals surface area contributed by atoms with E-state index in [0.717, 1.165) is 27.8 Å². The number of H-pyrrole nitrogens is 1. The molecule has 3 rings (SSSR count). The first-order chi connectivity index (χ1) is 11.9. The molecule has 1 aromatic carbocycles. The molecular formula is C17H14N2O4S2. The first-order valence-corrected chi connectivity index (χ1v) is 9.57. The molecule has 3 aromatic rings. The zero-order chi connectivity index (χ0) is 18.0. The van der Waals surface area contributed by atoms with Gasteiger partial charge < -0.3 is 10.1 Å². The molecule has 25 heavy (non-hydrogen) atoms. The van der Waals surface area contributed by atoms with E-state index in [9.17, 15) is 18.3 Å². The Balaban J connectivity index is 1.87. The van der Waals surface area contributed by atoms with Crippen molar-refractivity contribution in [2.24, 2.45) is 0 Å². The Morgan fingerprint density at radius 1 is 1.32 bits per heavy atom. The summed E-state index contributed by atoms with van der Waals surface area (Å²) in [5, 5.41) is 10.3. The molecule has 1 unspecified atom stereocenters. The van der Waals surface area contributed by atoms with Gasteiger partial charge in [0.15, 0.2) is 0 Å². The van der Waals surface area contributed by atoms with E-state index in [0.29, 0.717) is 4.88 Å². The lowest BCUT2D eigenvalue weighted by molar-refractivity contribution is -0.138. The molecule has 2 heterocycles.